The predicted octanol–water partition coefficient (Wildman–Crippen LogP) is 2.51. The van der Waals surface area contributed by atoms with Crippen LogP contribution in [0.1, 0.15) is 24.5 Å². The zero-order valence-corrected chi connectivity index (χ0v) is 11.1. The molecule has 2 nitrogen and oxygen atoms in total. The summed E-state index contributed by atoms with van der Waals surface area (Å²) in [6.45, 7) is 7.30. The first kappa shape index (κ1) is 12.6. The van der Waals surface area contributed by atoms with Crippen LogP contribution >= 0.6 is 0 Å². The largest absolute Gasteiger partial charge is 0.379 e. The highest BCUT2D eigenvalue weighted by molar-refractivity contribution is 5.36. The third kappa shape index (κ3) is 2.12. The van der Waals surface area contributed by atoms with Crippen LogP contribution in [0.4, 0.5) is 0 Å². The highest BCUT2D eigenvalue weighted by atomic mass is 16.5. The number of rotatable bonds is 5. The van der Waals surface area contributed by atoms with Gasteiger partial charge in [0.2, 0.25) is 0 Å². The van der Waals surface area contributed by atoms with E-state index < -0.39 is 0 Å². The van der Waals surface area contributed by atoms with E-state index in [4.69, 9.17) is 4.74 Å². The van der Waals surface area contributed by atoms with Crippen LogP contribution in [0, 0.1) is 12.8 Å². The van der Waals surface area contributed by atoms with Crippen molar-refractivity contribution < 1.29 is 4.74 Å². The van der Waals surface area contributed by atoms with Crippen molar-refractivity contribution in [2.45, 2.75) is 25.7 Å². The number of aryl methyl sites for hydroxylation is 1. The molecule has 0 aliphatic carbocycles. The smallest absolute Gasteiger partial charge is 0.0588 e. The van der Waals surface area contributed by atoms with Gasteiger partial charge in [-0.1, -0.05) is 37.6 Å². The molecule has 1 aliphatic heterocycles. The number of nitrogens with one attached hydrogen (secondary N) is 1. The molecule has 1 N–H and O–H groups in total. The lowest BCUT2D eigenvalue weighted by Gasteiger charge is -2.48. The molecule has 1 aliphatic rings. The van der Waals surface area contributed by atoms with Crippen molar-refractivity contribution >= 4 is 0 Å². The SMILES string of the molecule is CCC(CNC)C1(c2ccccc2C)COC1. The van der Waals surface area contributed by atoms with E-state index in [0.29, 0.717) is 5.92 Å². The van der Waals surface area contributed by atoms with Crippen LogP contribution in [0.5, 0.6) is 0 Å². The minimum absolute atomic E-state index is 0.239. The van der Waals surface area contributed by atoms with E-state index in [-0.39, 0.29) is 5.41 Å². The van der Waals surface area contributed by atoms with Gasteiger partial charge in [-0.15, -0.1) is 0 Å². The van der Waals surface area contributed by atoms with Crippen molar-refractivity contribution in [3.8, 4) is 0 Å². The summed E-state index contributed by atoms with van der Waals surface area (Å²) in [6.07, 6.45) is 1.19. The molecule has 0 spiro atoms. The minimum atomic E-state index is 0.239. The summed E-state index contributed by atoms with van der Waals surface area (Å²) in [4.78, 5) is 0. The van der Waals surface area contributed by atoms with Crippen molar-refractivity contribution in [2.75, 3.05) is 26.8 Å². The maximum atomic E-state index is 5.55. The Morgan fingerprint density at radius 3 is 2.53 bits per heavy atom. The van der Waals surface area contributed by atoms with Gasteiger partial charge in [0.1, 0.15) is 0 Å². The van der Waals surface area contributed by atoms with E-state index in [0.717, 1.165) is 19.8 Å². The lowest BCUT2D eigenvalue weighted by molar-refractivity contribution is -0.0912. The Morgan fingerprint density at radius 2 is 2.06 bits per heavy atom. The summed E-state index contributed by atoms with van der Waals surface area (Å²) in [5.41, 5.74) is 3.11. The molecule has 0 saturated carbocycles. The normalized spacial score (nSPS) is 19.7. The van der Waals surface area contributed by atoms with Gasteiger partial charge in [-0.25, -0.2) is 0 Å². The van der Waals surface area contributed by atoms with E-state index in [1.54, 1.807) is 0 Å². The fraction of sp³-hybridized carbons (Fsp3) is 0.600. The summed E-state index contributed by atoms with van der Waals surface area (Å²) < 4.78 is 5.55. The number of benzene rings is 1. The summed E-state index contributed by atoms with van der Waals surface area (Å²) in [7, 11) is 2.04. The summed E-state index contributed by atoms with van der Waals surface area (Å²) in [5, 5.41) is 3.33. The van der Waals surface area contributed by atoms with E-state index >= 15 is 0 Å². The molecular weight excluding hydrogens is 210 g/mol. The molecule has 2 heteroatoms. The molecular formula is C15H23NO. The first-order valence-corrected chi connectivity index (χ1v) is 6.53. The fourth-order valence-electron chi connectivity index (χ4n) is 3.04. The molecule has 1 unspecified atom stereocenters. The number of ether oxygens (including phenoxy) is 1. The van der Waals surface area contributed by atoms with Crippen LogP contribution in [0.3, 0.4) is 0 Å². The molecule has 1 aromatic rings. The van der Waals surface area contributed by atoms with E-state index in [2.05, 4.69) is 43.4 Å². The Bertz CT molecular complexity index is 371. The van der Waals surface area contributed by atoms with Gasteiger partial charge in [-0.05, 0) is 37.6 Å². The van der Waals surface area contributed by atoms with Crippen LogP contribution in [0.15, 0.2) is 24.3 Å². The second-order valence-electron chi connectivity index (χ2n) is 5.13. The maximum absolute atomic E-state index is 5.55. The van der Waals surface area contributed by atoms with Gasteiger partial charge in [0.25, 0.3) is 0 Å². The molecule has 1 heterocycles. The second kappa shape index (κ2) is 5.19. The molecule has 2 rings (SSSR count). The van der Waals surface area contributed by atoms with Crippen molar-refractivity contribution in [3.05, 3.63) is 35.4 Å². The van der Waals surface area contributed by atoms with Gasteiger partial charge in [0, 0.05) is 5.41 Å². The number of hydrogen-bond acceptors (Lipinski definition) is 2. The third-order valence-corrected chi connectivity index (χ3v) is 4.13. The molecule has 94 valence electrons. The Kier molecular flexibility index (Phi) is 3.85. The molecule has 0 aromatic heterocycles. The van der Waals surface area contributed by atoms with Gasteiger partial charge in [-0.2, -0.15) is 0 Å². The first-order chi connectivity index (χ1) is 8.24. The topological polar surface area (TPSA) is 21.3 Å². The fourth-order valence-corrected chi connectivity index (χ4v) is 3.04. The van der Waals surface area contributed by atoms with Gasteiger partial charge < -0.3 is 10.1 Å². The summed E-state index contributed by atoms with van der Waals surface area (Å²) >= 11 is 0. The standard InChI is InChI=1S/C15H23NO/c1-4-13(9-16-3)15(10-17-11-15)14-8-6-5-7-12(14)2/h5-8,13,16H,4,9-11H2,1-3H3. The van der Waals surface area contributed by atoms with Crippen molar-refractivity contribution in [2.24, 2.45) is 5.92 Å². The quantitative estimate of drug-likeness (QED) is 0.843. The monoisotopic (exact) mass is 233 g/mol. The molecule has 1 atom stereocenters. The Labute approximate surface area is 104 Å². The highest BCUT2D eigenvalue weighted by Gasteiger charge is 2.46. The maximum Gasteiger partial charge on any atom is 0.0588 e. The van der Waals surface area contributed by atoms with E-state index in [9.17, 15) is 0 Å². The average molecular weight is 233 g/mol. The van der Waals surface area contributed by atoms with Crippen molar-refractivity contribution in [1.82, 2.24) is 5.32 Å². The van der Waals surface area contributed by atoms with Crippen LogP contribution in [-0.4, -0.2) is 26.8 Å². The van der Waals surface area contributed by atoms with Crippen LogP contribution in [-0.2, 0) is 10.2 Å². The van der Waals surface area contributed by atoms with Gasteiger partial charge in [0.05, 0.1) is 13.2 Å². The highest BCUT2D eigenvalue weighted by Crippen LogP contribution is 2.42. The molecule has 1 aromatic carbocycles. The van der Waals surface area contributed by atoms with Gasteiger partial charge >= 0.3 is 0 Å². The van der Waals surface area contributed by atoms with E-state index in [1.165, 1.54) is 17.5 Å². The molecule has 1 saturated heterocycles. The molecule has 0 amide bonds. The van der Waals surface area contributed by atoms with Crippen molar-refractivity contribution in [3.63, 3.8) is 0 Å². The minimum Gasteiger partial charge on any atom is -0.379 e. The first-order valence-electron chi connectivity index (χ1n) is 6.53. The van der Waals surface area contributed by atoms with Crippen LogP contribution < -0.4 is 5.32 Å². The Morgan fingerprint density at radius 1 is 1.35 bits per heavy atom. The molecule has 0 radical (unpaired) electrons. The van der Waals surface area contributed by atoms with Gasteiger partial charge in [0.15, 0.2) is 0 Å². The lowest BCUT2D eigenvalue weighted by atomic mass is 9.66. The zero-order valence-electron chi connectivity index (χ0n) is 11.1. The zero-order chi connectivity index (χ0) is 12.3. The summed E-state index contributed by atoms with van der Waals surface area (Å²) in [5.74, 6) is 0.655. The molecule has 17 heavy (non-hydrogen) atoms. The van der Waals surface area contributed by atoms with E-state index in [1.807, 2.05) is 7.05 Å². The Balaban J connectivity index is 2.34. The van der Waals surface area contributed by atoms with Gasteiger partial charge in [-0.3, -0.25) is 0 Å². The second-order valence-corrected chi connectivity index (χ2v) is 5.13. The molecule has 0 bridgehead atoms. The van der Waals surface area contributed by atoms with Crippen LogP contribution in [0.2, 0.25) is 0 Å². The lowest BCUT2D eigenvalue weighted by Crippen LogP contribution is -2.55. The molecule has 1 fully saturated rings. The Hall–Kier alpha value is -0.860. The summed E-state index contributed by atoms with van der Waals surface area (Å²) in [6, 6.07) is 8.75. The number of hydrogen-bond donors (Lipinski definition) is 1. The predicted molar refractivity (Wildman–Crippen MR) is 71.4 cm³/mol. The van der Waals surface area contributed by atoms with Crippen molar-refractivity contribution in [1.29, 1.82) is 0 Å². The third-order valence-electron chi connectivity index (χ3n) is 4.13. The average Bonchev–Trinajstić information content (AvgIpc) is 2.28. The van der Waals surface area contributed by atoms with Crippen LogP contribution in [0.25, 0.3) is 0 Å².